The third-order valence-corrected chi connectivity index (χ3v) is 4.33. The summed E-state index contributed by atoms with van der Waals surface area (Å²) >= 11 is 6.25. The molecule has 0 radical (unpaired) electrons. The zero-order valence-electron chi connectivity index (χ0n) is 11.0. The zero-order chi connectivity index (χ0) is 12.5. The Kier molecular flexibility index (Phi) is 5.47. The molecule has 1 saturated heterocycles. The van der Waals surface area contributed by atoms with Gasteiger partial charge in [-0.2, -0.15) is 0 Å². The molecule has 18 heavy (non-hydrogen) atoms. The van der Waals surface area contributed by atoms with Gasteiger partial charge >= 0.3 is 0 Å². The van der Waals surface area contributed by atoms with Crippen molar-refractivity contribution in [1.29, 1.82) is 0 Å². The van der Waals surface area contributed by atoms with E-state index in [-0.39, 0.29) is 17.8 Å². The molecule has 0 aliphatic carbocycles. The van der Waals surface area contributed by atoms with Crippen LogP contribution in [0.3, 0.4) is 0 Å². The average molecular weight is 289 g/mol. The van der Waals surface area contributed by atoms with E-state index in [0.29, 0.717) is 6.04 Å². The van der Waals surface area contributed by atoms with Gasteiger partial charge in [0.15, 0.2) is 0 Å². The fraction of sp³-hybridized carbons (Fsp3) is 0.571. The Morgan fingerprint density at radius 2 is 2.11 bits per heavy atom. The van der Waals surface area contributed by atoms with E-state index in [1.165, 1.54) is 12.0 Å². The molecule has 4 heteroatoms. The number of likely N-dealkylation sites (tertiary alicyclic amines) is 1. The number of halogens is 2. The quantitative estimate of drug-likeness (QED) is 0.923. The highest BCUT2D eigenvalue weighted by molar-refractivity contribution is 6.31. The van der Waals surface area contributed by atoms with Crippen LogP contribution in [0.2, 0.25) is 5.02 Å². The van der Waals surface area contributed by atoms with E-state index >= 15 is 0 Å². The second kappa shape index (κ2) is 6.25. The summed E-state index contributed by atoms with van der Waals surface area (Å²) in [6.07, 6.45) is 1.18. The van der Waals surface area contributed by atoms with Crippen molar-refractivity contribution in [3.8, 4) is 0 Å². The average Bonchev–Trinajstić information content (AvgIpc) is 2.73. The fourth-order valence-electron chi connectivity index (χ4n) is 2.57. The molecule has 2 atom stereocenters. The Labute approximate surface area is 121 Å². The van der Waals surface area contributed by atoms with Crippen molar-refractivity contribution in [1.82, 2.24) is 4.90 Å². The van der Waals surface area contributed by atoms with Crippen molar-refractivity contribution in [2.75, 3.05) is 19.6 Å². The zero-order valence-corrected chi connectivity index (χ0v) is 12.6. The Morgan fingerprint density at radius 1 is 1.44 bits per heavy atom. The van der Waals surface area contributed by atoms with Gasteiger partial charge in [0, 0.05) is 17.6 Å². The molecule has 0 aromatic heterocycles. The van der Waals surface area contributed by atoms with Crippen LogP contribution >= 0.6 is 24.0 Å². The molecule has 102 valence electrons. The maximum absolute atomic E-state index is 6.25. The third kappa shape index (κ3) is 3.18. The van der Waals surface area contributed by atoms with Gasteiger partial charge in [-0.1, -0.05) is 36.7 Å². The molecule has 1 aliphatic rings. The summed E-state index contributed by atoms with van der Waals surface area (Å²) in [5.41, 5.74) is 7.34. The number of nitrogens with zero attached hydrogens (tertiary/aromatic N) is 1. The molecule has 0 bridgehead atoms. The van der Waals surface area contributed by atoms with Gasteiger partial charge < -0.3 is 5.73 Å². The van der Waals surface area contributed by atoms with Crippen molar-refractivity contribution < 1.29 is 0 Å². The van der Waals surface area contributed by atoms with Crippen molar-refractivity contribution in [3.05, 3.63) is 34.9 Å². The molecule has 1 fully saturated rings. The predicted octanol–water partition coefficient (Wildman–Crippen LogP) is 3.49. The largest absolute Gasteiger partial charge is 0.330 e. The Morgan fingerprint density at radius 3 is 2.67 bits per heavy atom. The second-order valence-electron chi connectivity index (χ2n) is 5.43. The minimum Gasteiger partial charge on any atom is -0.330 e. The molecule has 0 saturated carbocycles. The number of nitrogens with two attached hydrogens (primary N) is 1. The number of benzene rings is 1. The van der Waals surface area contributed by atoms with E-state index in [2.05, 4.69) is 30.9 Å². The van der Waals surface area contributed by atoms with Crippen LogP contribution in [-0.2, 0) is 0 Å². The third-order valence-electron chi connectivity index (χ3n) is 3.98. The molecule has 1 aromatic carbocycles. The van der Waals surface area contributed by atoms with Gasteiger partial charge in [-0.15, -0.1) is 12.4 Å². The monoisotopic (exact) mass is 288 g/mol. The lowest BCUT2D eigenvalue weighted by Gasteiger charge is -2.28. The predicted molar refractivity (Wildman–Crippen MR) is 80.5 cm³/mol. The SMILES string of the molecule is CC(c1ccccc1Cl)N1CCC(C)(CN)C1.Cl. The first-order valence-corrected chi connectivity index (χ1v) is 6.62. The van der Waals surface area contributed by atoms with Crippen LogP contribution < -0.4 is 5.73 Å². The van der Waals surface area contributed by atoms with E-state index in [4.69, 9.17) is 17.3 Å². The molecule has 1 heterocycles. The normalized spacial score (nSPS) is 25.8. The van der Waals surface area contributed by atoms with Crippen LogP contribution in [0.5, 0.6) is 0 Å². The molecule has 2 N–H and O–H groups in total. The molecule has 2 unspecified atom stereocenters. The van der Waals surface area contributed by atoms with E-state index < -0.39 is 0 Å². The van der Waals surface area contributed by atoms with Gasteiger partial charge in [0.1, 0.15) is 0 Å². The highest BCUT2D eigenvalue weighted by atomic mass is 35.5. The molecule has 1 aliphatic heterocycles. The second-order valence-corrected chi connectivity index (χ2v) is 5.84. The minimum atomic E-state index is 0. The van der Waals surface area contributed by atoms with Gasteiger partial charge in [0.2, 0.25) is 0 Å². The smallest absolute Gasteiger partial charge is 0.0453 e. The van der Waals surface area contributed by atoms with Crippen LogP contribution in [0.1, 0.15) is 31.9 Å². The molecular weight excluding hydrogens is 267 g/mol. The van der Waals surface area contributed by atoms with Crippen molar-refractivity contribution in [2.45, 2.75) is 26.3 Å². The standard InChI is InChI=1S/C14H21ClN2.ClH/c1-11(12-5-3-4-6-13(12)15)17-8-7-14(2,9-16)10-17;/h3-6,11H,7-10,16H2,1-2H3;1H. The van der Waals surface area contributed by atoms with E-state index in [9.17, 15) is 0 Å². The first-order chi connectivity index (χ1) is 8.06. The number of hydrogen-bond donors (Lipinski definition) is 1. The molecular formula is C14H22Cl2N2. The number of hydrogen-bond acceptors (Lipinski definition) is 2. The summed E-state index contributed by atoms with van der Waals surface area (Å²) in [7, 11) is 0. The lowest BCUT2D eigenvalue weighted by atomic mass is 9.90. The maximum atomic E-state index is 6.25. The van der Waals surface area contributed by atoms with Gasteiger partial charge in [0.05, 0.1) is 0 Å². The highest BCUT2D eigenvalue weighted by Crippen LogP contribution is 2.36. The molecule has 2 rings (SSSR count). The summed E-state index contributed by atoms with van der Waals surface area (Å²) in [5.74, 6) is 0. The fourth-order valence-corrected chi connectivity index (χ4v) is 2.86. The summed E-state index contributed by atoms with van der Waals surface area (Å²) in [4.78, 5) is 2.48. The summed E-state index contributed by atoms with van der Waals surface area (Å²) in [6, 6.07) is 8.48. The van der Waals surface area contributed by atoms with Crippen LogP contribution in [0.25, 0.3) is 0 Å². The van der Waals surface area contributed by atoms with Crippen LogP contribution in [0.15, 0.2) is 24.3 Å². The first-order valence-electron chi connectivity index (χ1n) is 6.24. The minimum absolute atomic E-state index is 0. The Hall–Kier alpha value is -0.280. The van der Waals surface area contributed by atoms with E-state index in [1.807, 2.05) is 12.1 Å². The topological polar surface area (TPSA) is 29.3 Å². The first kappa shape index (κ1) is 15.8. The van der Waals surface area contributed by atoms with Gasteiger partial charge in [-0.25, -0.2) is 0 Å². The Bertz CT molecular complexity index is 397. The van der Waals surface area contributed by atoms with Crippen LogP contribution in [-0.4, -0.2) is 24.5 Å². The lowest BCUT2D eigenvalue weighted by molar-refractivity contribution is 0.227. The van der Waals surface area contributed by atoms with Crippen molar-refractivity contribution in [3.63, 3.8) is 0 Å². The summed E-state index contributed by atoms with van der Waals surface area (Å²) in [6.45, 7) is 7.44. The van der Waals surface area contributed by atoms with Gasteiger partial charge in [0.25, 0.3) is 0 Å². The highest BCUT2D eigenvalue weighted by Gasteiger charge is 2.35. The van der Waals surface area contributed by atoms with Crippen LogP contribution in [0, 0.1) is 5.41 Å². The van der Waals surface area contributed by atoms with Crippen molar-refractivity contribution in [2.24, 2.45) is 11.1 Å². The van der Waals surface area contributed by atoms with Crippen molar-refractivity contribution >= 4 is 24.0 Å². The summed E-state index contributed by atoms with van der Waals surface area (Å²) < 4.78 is 0. The van der Waals surface area contributed by atoms with E-state index in [1.54, 1.807) is 0 Å². The van der Waals surface area contributed by atoms with Gasteiger partial charge in [-0.05, 0) is 43.5 Å². The Balaban J connectivity index is 0.00000162. The molecule has 2 nitrogen and oxygen atoms in total. The summed E-state index contributed by atoms with van der Waals surface area (Å²) in [5, 5.41) is 0.862. The van der Waals surface area contributed by atoms with Crippen LogP contribution in [0.4, 0.5) is 0 Å². The van der Waals surface area contributed by atoms with Gasteiger partial charge in [-0.3, -0.25) is 4.90 Å². The molecule has 0 amide bonds. The lowest BCUT2D eigenvalue weighted by Crippen LogP contribution is -2.32. The molecule has 1 aromatic rings. The van der Waals surface area contributed by atoms with E-state index in [0.717, 1.165) is 24.7 Å². The maximum Gasteiger partial charge on any atom is 0.0453 e. The number of rotatable bonds is 3. The molecule has 0 spiro atoms.